The van der Waals surface area contributed by atoms with E-state index in [1.807, 2.05) is 59.5 Å². The van der Waals surface area contributed by atoms with Gasteiger partial charge in [0.15, 0.2) is 0 Å². The van der Waals surface area contributed by atoms with Crippen molar-refractivity contribution >= 4 is 32.7 Å². The van der Waals surface area contributed by atoms with Crippen molar-refractivity contribution in [3.8, 4) is 6.07 Å². The van der Waals surface area contributed by atoms with E-state index in [-0.39, 0.29) is 11.9 Å². The first kappa shape index (κ1) is 18.6. The Morgan fingerprint density at radius 3 is 2.43 bits per heavy atom. The quantitative estimate of drug-likeness (QED) is 0.624. The Hall–Kier alpha value is -2.75. The molecule has 0 bridgehead atoms. The highest BCUT2D eigenvalue weighted by Crippen LogP contribution is 2.24. The van der Waals surface area contributed by atoms with Crippen LogP contribution >= 0.6 is 15.9 Å². The summed E-state index contributed by atoms with van der Waals surface area (Å²) >= 11 is 3.43. The highest BCUT2D eigenvalue weighted by atomic mass is 79.9. The third-order valence-corrected chi connectivity index (χ3v) is 5.62. The van der Waals surface area contributed by atoms with Crippen LogP contribution in [-0.2, 0) is 0 Å². The van der Waals surface area contributed by atoms with Crippen LogP contribution in [0.4, 0.5) is 0 Å². The number of benzene rings is 2. The van der Waals surface area contributed by atoms with Crippen molar-refractivity contribution in [3.05, 3.63) is 76.4 Å². The van der Waals surface area contributed by atoms with Gasteiger partial charge in [0.1, 0.15) is 11.7 Å². The van der Waals surface area contributed by atoms with E-state index < -0.39 is 0 Å². The van der Waals surface area contributed by atoms with Crippen molar-refractivity contribution in [3.63, 3.8) is 0 Å². The van der Waals surface area contributed by atoms with Crippen molar-refractivity contribution in [2.45, 2.75) is 6.04 Å². The molecular formula is C22H19BrN4O. The van der Waals surface area contributed by atoms with Gasteiger partial charge in [0, 0.05) is 36.0 Å². The fourth-order valence-corrected chi connectivity index (χ4v) is 3.81. The van der Waals surface area contributed by atoms with Gasteiger partial charge in [-0.15, -0.1) is 0 Å². The summed E-state index contributed by atoms with van der Waals surface area (Å²) in [4.78, 5) is 21.3. The van der Waals surface area contributed by atoms with Crippen molar-refractivity contribution < 1.29 is 4.79 Å². The Morgan fingerprint density at radius 2 is 1.71 bits per heavy atom. The molecule has 0 aliphatic carbocycles. The normalized spacial score (nSPS) is 15.9. The molecule has 1 amide bonds. The van der Waals surface area contributed by atoms with Crippen LogP contribution in [0.3, 0.4) is 0 Å². The second kappa shape index (κ2) is 8.09. The first-order valence-electron chi connectivity index (χ1n) is 9.20. The van der Waals surface area contributed by atoms with Crippen molar-refractivity contribution in [1.29, 1.82) is 5.26 Å². The Morgan fingerprint density at radius 1 is 1.00 bits per heavy atom. The van der Waals surface area contributed by atoms with E-state index in [1.54, 1.807) is 6.07 Å². The molecule has 1 saturated heterocycles. The number of halogens is 1. The molecule has 5 nitrogen and oxygen atoms in total. The Bertz CT molecular complexity index is 1040. The number of para-hydroxylation sites is 1. The lowest BCUT2D eigenvalue weighted by Crippen LogP contribution is -2.49. The average molecular weight is 435 g/mol. The fourth-order valence-electron chi connectivity index (χ4n) is 3.54. The number of nitrogens with zero attached hydrogens (tertiary/aromatic N) is 4. The Balaban J connectivity index is 1.44. The van der Waals surface area contributed by atoms with Gasteiger partial charge >= 0.3 is 0 Å². The lowest BCUT2D eigenvalue weighted by Gasteiger charge is -2.36. The standard InChI is InChI=1S/C22H19BrN4O/c23-18-8-5-17(6-9-18)21(15-24)26-11-13-27(14-12-26)22(28)20-10-7-16-3-1-2-4-19(16)25-20/h1-10,21H,11-14H2. The van der Waals surface area contributed by atoms with E-state index in [4.69, 9.17) is 0 Å². The summed E-state index contributed by atoms with van der Waals surface area (Å²) in [6, 6.07) is 21.4. The minimum atomic E-state index is -0.302. The molecule has 3 aromatic rings. The maximum atomic E-state index is 12.9. The largest absolute Gasteiger partial charge is 0.335 e. The molecule has 28 heavy (non-hydrogen) atoms. The fraction of sp³-hybridized carbons (Fsp3) is 0.227. The van der Waals surface area contributed by atoms with E-state index in [0.717, 1.165) is 20.9 Å². The summed E-state index contributed by atoms with van der Waals surface area (Å²) in [5.74, 6) is -0.0532. The molecule has 140 valence electrons. The van der Waals surface area contributed by atoms with Gasteiger partial charge < -0.3 is 4.90 Å². The van der Waals surface area contributed by atoms with Gasteiger partial charge in [-0.2, -0.15) is 5.26 Å². The first-order valence-corrected chi connectivity index (χ1v) is 9.99. The smallest absolute Gasteiger partial charge is 0.272 e. The van der Waals surface area contributed by atoms with Gasteiger partial charge in [-0.3, -0.25) is 9.69 Å². The lowest BCUT2D eigenvalue weighted by atomic mass is 10.1. The maximum Gasteiger partial charge on any atom is 0.272 e. The van der Waals surface area contributed by atoms with Crippen LogP contribution in [-0.4, -0.2) is 46.9 Å². The molecule has 1 aromatic heterocycles. The van der Waals surface area contributed by atoms with E-state index in [1.165, 1.54) is 0 Å². The number of pyridine rings is 1. The van der Waals surface area contributed by atoms with Gasteiger partial charge in [-0.05, 0) is 29.8 Å². The highest BCUT2D eigenvalue weighted by Gasteiger charge is 2.28. The zero-order chi connectivity index (χ0) is 19.5. The van der Waals surface area contributed by atoms with E-state index >= 15 is 0 Å². The second-order valence-corrected chi connectivity index (χ2v) is 7.72. The first-order chi connectivity index (χ1) is 13.7. The molecule has 2 aromatic carbocycles. The zero-order valence-electron chi connectivity index (χ0n) is 15.3. The maximum absolute atomic E-state index is 12.9. The molecule has 1 atom stereocenters. The number of carbonyl (C=O) groups is 1. The lowest BCUT2D eigenvalue weighted by molar-refractivity contribution is 0.0601. The van der Waals surface area contributed by atoms with Gasteiger partial charge in [0.2, 0.25) is 0 Å². The van der Waals surface area contributed by atoms with Crippen LogP contribution in [0, 0.1) is 11.3 Å². The van der Waals surface area contributed by atoms with Crippen LogP contribution in [0.5, 0.6) is 0 Å². The minimum absolute atomic E-state index is 0.0532. The van der Waals surface area contributed by atoms with Gasteiger partial charge in [0.05, 0.1) is 11.6 Å². The van der Waals surface area contributed by atoms with Crippen LogP contribution in [0.2, 0.25) is 0 Å². The van der Waals surface area contributed by atoms with Crippen LogP contribution < -0.4 is 0 Å². The molecule has 0 spiro atoms. The summed E-state index contributed by atoms with van der Waals surface area (Å²) in [5, 5.41) is 10.7. The number of piperazine rings is 1. The van der Waals surface area contributed by atoms with Crippen molar-refractivity contribution in [1.82, 2.24) is 14.8 Å². The van der Waals surface area contributed by atoms with Crippen LogP contribution in [0.25, 0.3) is 10.9 Å². The number of amides is 1. The van der Waals surface area contributed by atoms with Gasteiger partial charge in [-0.25, -0.2) is 4.98 Å². The monoisotopic (exact) mass is 434 g/mol. The Labute approximate surface area is 172 Å². The second-order valence-electron chi connectivity index (χ2n) is 6.80. The topological polar surface area (TPSA) is 60.2 Å². The van der Waals surface area contributed by atoms with Crippen molar-refractivity contribution in [2.75, 3.05) is 26.2 Å². The van der Waals surface area contributed by atoms with Crippen LogP contribution in [0.1, 0.15) is 22.1 Å². The molecule has 0 radical (unpaired) electrons. The predicted octanol–water partition coefficient (Wildman–Crippen LogP) is 4.02. The number of hydrogen-bond donors (Lipinski definition) is 0. The number of fused-ring (bicyclic) bond motifs is 1. The summed E-state index contributed by atoms with van der Waals surface area (Å²) in [5.41, 5.74) is 2.27. The summed E-state index contributed by atoms with van der Waals surface area (Å²) in [6.07, 6.45) is 0. The predicted molar refractivity (Wildman–Crippen MR) is 112 cm³/mol. The molecule has 2 heterocycles. The minimum Gasteiger partial charge on any atom is -0.335 e. The van der Waals surface area contributed by atoms with E-state index in [0.29, 0.717) is 31.9 Å². The molecule has 0 saturated carbocycles. The molecule has 1 aliphatic rings. The number of nitriles is 1. The Kier molecular flexibility index (Phi) is 5.38. The number of hydrogen-bond acceptors (Lipinski definition) is 4. The molecular weight excluding hydrogens is 416 g/mol. The zero-order valence-corrected chi connectivity index (χ0v) is 16.8. The number of aromatic nitrogens is 1. The molecule has 1 aliphatic heterocycles. The average Bonchev–Trinajstić information content (AvgIpc) is 2.75. The summed E-state index contributed by atoms with van der Waals surface area (Å²) < 4.78 is 0.992. The summed E-state index contributed by atoms with van der Waals surface area (Å²) in [6.45, 7) is 2.49. The molecule has 1 unspecified atom stereocenters. The summed E-state index contributed by atoms with van der Waals surface area (Å²) in [7, 11) is 0. The SMILES string of the molecule is N#CC(c1ccc(Br)cc1)N1CCN(C(=O)c2ccc3ccccc3n2)CC1. The third-order valence-electron chi connectivity index (χ3n) is 5.09. The van der Waals surface area contributed by atoms with Gasteiger partial charge in [0.25, 0.3) is 5.91 Å². The third kappa shape index (κ3) is 3.77. The van der Waals surface area contributed by atoms with E-state index in [2.05, 4.69) is 31.9 Å². The van der Waals surface area contributed by atoms with Crippen LogP contribution in [0.15, 0.2) is 65.1 Å². The van der Waals surface area contributed by atoms with Crippen molar-refractivity contribution in [2.24, 2.45) is 0 Å². The molecule has 6 heteroatoms. The van der Waals surface area contributed by atoms with Gasteiger partial charge in [-0.1, -0.05) is 52.3 Å². The molecule has 4 rings (SSSR count). The molecule has 1 fully saturated rings. The number of carbonyl (C=O) groups excluding carboxylic acids is 1. The molecule has 0 N–H and O–H groups in total. The highest BCUT2D eigenvalue weighted by molar-refractivity contribution is 9.10. The number of rotatable bonds is 3. The van der Waals surface area contributed by atoms with E-state index in [9.17, 15) is 10.1 Å².